The molecule has 0 radical (unpaired) electrons. The van der Waals surface area contributed by atoms with Gasteiger partial charge in [-0.15, -0.1) is 0 Å². The summed E-state index contributed by atoms with van der Waals surface area (Å²) >= 11 is 0. The monoisotopic (exact) mass is 812 g/mol. The molecule has 0 atom stereocenters. The number of para-hydroxylation sites is 1. The van der Waals surface area contributed by atoms with Gasteiger partial charge in [0.25, 0.3) is 0 Å². The highest BCUT2D eigenvalue weighted by Gasteiger charge is 2.25. The van der Waals surface area contributed by atoms with Crippen LogP contribution in [-0.2, 0) is 19.4 Å². The first-order chi connectivity index (χ1) is 30.7. The van der Waals surface area contributed by atoms with E-state index in [-0.39, 0.29) is 0 Å². The lowest BCUT2D eigenvalue weighted by Crippen LogP contribution is -2.05. The number of benzene rings is 3. The summed E-state index contributed by atoms with van der Waals surface area (Å²) in [6.07, 6.45) is 49.1. The van der Waals surface area contributed by atoms with Crippen molar-refractivity contribution < 1.29 is 0 Å². The van der Waals surface area contributed by atoms with Gasteiger partial charge in [0.05, 0.1) is 22.2 Å². The van der Waals surface area contributed by atoms with E-state index in [9.17, 15) is 0 Å². The van der Waals surface area contributed by atoms with Gasteiger partial charge < -0.3 is 19.0 Å². The number of hydrogen-bond donors (Lipinski definition) is 1. The minimum absolute atomic E-state index is 0.801. The third-order valence-electron chi connectivity index (χ3n) is 13.7. The molecule has 10 rings (SSSR count). The normalized spacial score (nSPS) is 16.4. The van der Waals surface area contributed by atoms with Crippen molar-refractivity contribution in [3.63, 3.8) is 0 Å². The summed E-state index contributed by atoms with van der Waals surface area (Å²) in [5.74, 6) is 0. The number of nitrogens with one attached hydrogen (secondary N) is 1. The van der Waals surface area contributed by atoms with E-state index in [2.05, 4.69) is 167 Å². The lowest BCUT2D eigenvalue weighted by Gasteiger charge is -2.20. The molecule has 4 heteroatoms. The summed E-state index contributed by atoms with van der Waals surface area (Å²) in [6, 6.07) is 18.7. The predicted molar refractivity (Wildman–Crippen MR) is 271 cm³/mol. The number of nitrogens with zero attached hydrogens (tertiary/aromatic N) is 3. The Hall–Kier alpha value is -6.26. The summed E-state index contributed by atoms with van der Waals surface area (Å²) in [7, 11) is 2.08. The maximum atomic E-state index is 3.84. The topological polar surface area (TPSA) is 26.8 Å². The van der Waals surface area contributed by atoms with Crippen LogP contribution in [0.15, 0.2) is 140 Å². The van der Waals surface area contributed by atoms with Crippen molar-refractivity contribution in [2.24, 2.45) is 0 Å². The largest absolute Gasteiger partial charge is 0.386 e. The van der Waals surface area contributed by atoms with Crippen molar-refractivity contribution in [2.45, 2.75) is 96.9 Å². The summed E-state index contributed by atoms with van der Waals surface area (Å²) in [6.45, 7) is 7.26. The molecular weight excluding hydrogens is 753 g/mol. The van der Waals surface area contributed by atoms with Crippen LogP contribution in [0.3, 0.4) is 0 Å². The molecule has 312 valence electrons. The van der Waals surface area contributed by atoms with E-state index in [4.69, 9.17) is 0 Å². The Morgan fingerprint density at radius 3 is 2.31 bits per heavy atom. The number of hydrogen-bond acceptors (Lipinski definition) is 1. The first kappa shape index (κ1) is 39.9. The van der Waals surface area contributed by atoms with Gasteiger partial charge in [0, 0.05) is 86.5 Å². The van der Waals surface area contributed by atoms with E-state index < -0.39 is 0 Å². The smallest absolute Gasteiger partial charge is 0.0777 e. The standard InChI is InChI=1S/C58H60N4/c1-4-6-8-10-11-21-38-60-52-31-18-15-29-46(52)50-40-56-51(39-55(50)60)47-30-17-19-32-53(47)61(56)42-25-22-26-43(35-34-42)62-54-33-20-16-28-45(54)49-37-36-48(57(59-3)58(49)62)44-27-14-13-24-41(44)23-12-9-7-5-2/h5,7,9,12,14-17,20,22-23,25-30,33-34,36-37,39-40,59H,2,4,6,8,10-11,13,18-19,21,24,31-32,35,38H2,1,3H3/b9-7-,23-12-. The van der Waals surface area contributed by atoms with Gasteiger partial charge in [-0.1, -0.05) is 155 Å². The molecule has 0 unspecified atom stereocenters. The third-order valence-corrected chi connectivity index (χ3v) is 13.7. The fourth-order valence-electron chi connectivity index (χ4n) is 10.8. The second kappa shape index (κ2) is 17.6. The zero-order chi connectivity index (χ0) is 42.0. The molecule has 0 saturated heterocycles. The molecular formula is C58H60N4. The van der Waals surface area contributed by atoms with Gasteiger partial charge in [0.2, 0.25) is 0 Å². The summed E-state index contributed by atoms with van der Waals surface area (Å²) < 4.78 is 7.83. The highest BCUT2D eigenvalue weighted by molar-refractivity contribution is 6.16. The summed E-state index contributed by atoms with van der Waals surface area (Å²) in [5, 5.41) is 9.04. The van der Waals surface area contributed by atoms with Crippen molar-refractivity contribution >= 4 is 78.4 Å². The van der Waals surface area contributed by atoms with Gasteiger partial charge in [-0.2, -0.15) is 0 Å². The van der Waals surface area contributed by atoms with Gasteiger partial charge in [-0.05, 0) is 86.4 Å². The van der Waals surface area contributed by atoms with E-state index in [1.165, 1.54) is 133 Å². The average molecular weight is 813 g/mol. The van der Waals surface area contributed by atoms with E-state index >= 15 is 0 Å². The zero-order valence-corrected chi connectivity index (χ0v) is 36.7. The van der Waals surface area contributed by atoms with Crippen LogP contribution in [0.25, 0.3) is 72.7 Å². The Morgan fingerprint density at radius 2 is 1.45 bits per heavy atom. The van der Waals surface area contributed by atoms with Crippen molar-refractivity contribution in [3.05, 3.63) is 168 Å². The molecule has 0 aliphatic heterocycles. The molecule has 0 fully saturated rings. The molecule has 4 aliphatic carbocycles. The number of unbranched alkanes of at least 4 members (excludes halogenated alkanes) is 5. The highest BCUT2D eigenvalue weighted by atomic mass is 15.0. The van der Waals surface area contributed by atoms with Crippen molar-refractivity contribution in [2.75, 3.05) is 12.4 Å². The Bertz CT molecular complexity index is 3020. The van der Waals surface area contributed by atoms with Gasteiger partial charge in [-0.3, -0.25) is 0 Å². The van der Waals surface area contributed by atoms with E-state index in [1.807, 2.05) is 12.2 Å². The minimum Gasteiger partial charge on any atom is -0.386 e. The summed E-state index contributed by atoms with van der Waals surface area (Å²) in [4.78, 5) is 0. The molecule has 4 aliphatic rings. The number of allylic oxidation sites excluding steroid dienone is 17. The van der Waals surface area contributed by atoms with Crippen molar-refractivity contribution in [1.29, 1.82) is 0 Å². The van der Waals surface area contributed by atoms with Crippen LogP contribution in [0.5, 0.6) is 0 Å². The molecule has 4 nitrogen and oxygen atoms in total. The van der Waals surface area contributed by atoms with Crippen molar-refractivity contribution in [1.82, 2.24) is 13.7 Å². The molecule has 3 heterocycles. The third kappa shape index (κ3) is 7.04. The molecule has 62 heavy (non-hydrogen) atoms. The Balaban J connectivity index is 1.08. The molecule has 3 aromatic carbocycles. The maximum absolute atomic E-state index is 3.84. The summed E-state index contributed by atoms with van der Waals surface area (Å²) in [5.41, 5.74) is 18.5. The molecule has 6 aromatic rings. The molecule has 0 saturated carbocycles. The first-order valence-corrected chi connectivity index (χ1v) is 23.4. The second-order valence-electron chi connectivity index (χ2n) is 17.4. The average Bonchev–Trinajstić information content (AvgIpc) is 3.85. The van der Waals surface area contributed by atoms with E-state index in [1.54, 1.807) is 0 Å². The molecule has 1 N–H and O–H groups in total. The number of anilines is 1. The molecule has 3 aromatic heterocycles. The van der Waals surface area contributed by atoms with Crippen LogP contribution >= 0.6 is 0 Å². The molecule has 0 amide bonds. The quantitative estimate of drug-likeness (QED) is 0.0861. The number of aromatic nitrogens is 3. The van der Waals surface area contributed by atoms with E-state index in [0.717, 1.165) is 57.2 Å². The van der Waals surface area contributed by atoms with E-state index in [0.29, 0.717) is 0 Å². The minimum atomic E-state index is 0.801. The van der Waals surface area contributed by atoms with Crippen LogP contribution in [0.2, 0.25) is 0 Å². The van der Waals surface area contributed by atoms with Crippen LogP contribution in [-0.4, -0.2) is 20.7 Å². The van der Waals surface area contributed by atoms with Crippen LogP contribution < -0.4 is 5.32 Å². The number of fused-ring (bicyclic) bond motifs is 9. The van der Waals surface area contributed by atoms with Gasteiger partial charge >= 0.3 is 0 Å². The maximum Gasteiger partial charge on any atom is 0.0777 e. The van der Waals surface area contributed by atoms with Gasteiger partial charge in [0.1, 0.15) is 0 Å². The zero-order valence-electron chi connectivity index (χ0n) is 36.7. The number of aryl methyl sites for hydroxylation is 1. The lowest BCUT2D eigenvalue weighted by atomic mass is 9.90. The Morgan fingerprint density at radius 1 is 0.694 bits per heavy atom. The molecule has 0 bridgehead atoms. The SMILES string of the molecule is C=C/C=C\C=C/C1=C(c2ccc3c4ccccc4n(C4=CC=CC(n5c6c(c7cc8c(cc75)c5c(n8CCCCCCCC)CCC=C5)C=CCC6)=CC4)c3c2NC)C=CCC1. The fourth-order valence-corrected chi connectivity index (χ4v) is 10.8. The van der Waals surface area contributed by atoms with Crippen LogP contribution in [0.4, 0.5) is 5.69 Å². The Kier molecular flexibility index (Phi) is 11.3. The van der Waals surface area contributed by atoms with Crippen LogP contribution in [0, 0.1) is 0 Å². The second-order valence-corrected chi connectivity index (χ2v) is 17.4. The Labute approximate surface area is 367 Å². The van der Waals surface area contributed by atoms with Crippen LogP contribution in [0.1, 0.15) is 106 Å². The van der Waals surface area contributed by atoms with Gasteiger partial charge in [-0.25, -0.2) is 0 Å². The lowest BCUT2D eigenvalue weighted by molar-refractivity contribution is 0.556. The van der Waals surface area contributed by atoms with Gasteiger partial charge in [0.15, 0.2) is 0 Å². The highest BCUT2D eigenvalue weighted by Crippen LogP contribution is 2.44. The first-order valence-electron chi connectivity index (χ1n) is 23.4. The number of rotatable bonds is 14. The molecule has 0 spiro atoms. The predicted octanol–water partition coefficient (Wildman–Crippen LogP) is 15.8. The van der Waals surface area contributed by atoms with Crippen molar-refractivity contribution in [3.8, 4) is 0 Å². The fraction of sp³-hybridized carbons (Fsp3) is 0.276.